The number of primary amides is 1. The number of hydrogen-bond donors (Lipinski definition) is 2. The highest BCUT2D eigenvalue weighted by Gasteiger charge is 2.43. The van der Waals surface area contributed by atoms with Crippen LogP contribution in [0.4, 0.5) is 4.79 Å². The first-order valence-electron chi connectivity index (χ1n) is 9.69. The van der Waals surface area contributed by atoms with Crippen LogP contribution in [0.2, 0.25) is 5.02 Å². The molecule has 2 atom stereocenters. The van der Waals surface area contributed by atoms with Crippen molar-refractivity contribution < 1.29 is 28.9 Å². The van der Waals surface area contributed by atoms with Crippen LogP contribution in [0.1, 0.15) is 42.6 Å². The van der Waals surface area contributed by atoms with E-state index in [1.54, 1.807) is 42.5 Å². The number of aliphatic carboxylic acids is 1. The lowest BCUT2D eigenvalue weighted by atomic mass is 9.89. The minimum absolute atomic E-state index is 0.186. The average Bonchev–Trinajstić information content (AvgIpc) is 3.18. The van der Waals surface area contributed by atoms with Crippen LogP contribution in [0.25, 0.3) is 0 Å². The third-order valence-electron chi connectivity index (χ3n) is 5.05. The molecule has 2 unspecified atom stereocenters. The van der Waals surface area contributed by atoms with Gasteiger partial charge in [0.15, 0.2) is 11.7 Å². The fourth-order valence-corrected chi connectivity index (χ4v) is 3.80. The van der Waals surface area contributed by atoms with E-state index in [0.29, 0.717) is 48.0 Å². The second-order valence-corrected chi connectivity index (χ2v) is 7.54. The van der Waals surface area contributed by atoms with Gasteiger partial charge in [-0.25, -0.2) is 9.59 Å². The summed E-state index contributed by atoms with van der Waals surface area (Å²) < 4.78 is 16.7. The highest BCUT2D eigenvalue weighted by atomic mass is 35.5. The Morgan fingerprint density at radius 2 is 2.00 bits per heavy atom. The van der Waals surface area contributed by atoms with Gasteiger partial charge in [-0.15, -0.1) is 0 Å². The Balaban J connectivity index is 2.04. The first kappa shape index (κ1) is 21.9. The van der Waals surface area contributed by atoms with Crippen molar-refractivity contribution in [1.82, 2.24) is 0 Å². The van der Waals surface area contributed by atoms with Gasteiger partial charge in [-0.1, -0.05) is 29.8 Å². The van der Waals surface area contributed by atoms with Crippen molar-refractivity contribution in [2.24, 2.45) is 5.73 Å². The number of carbonyl (C=O) groups is 2. The number of carboxylic acid groups (broad SMARTS) is 1. The van der Waals surface area contributed by atoms with Crippen LogP contribution in [0.5, 0.6) is 5.75 Å². The molecule has 1 amide bonds. The van der Waals surface area contributed by atoms with E-state index in [0.717, 1.165) is 5.56 Å². The molecule has 2 aromatic carbocycles. The first-order chi connectivity index (χ1) is 14.3. The Kier molecular flexibility index (Phi) is 6.84. The molecule has 0 radical (unpaired) electrons. The molecule has 3 N–H and O–H groups in total. The quantitative estimate of drug-likeness (QED) is 0.648. The summed E-state index contributed by atoms with van der Waals surface area (Å²) >= 11 is 5.99. The molecule has 0 aromatic heterocycles. The Bertz CT molecular complexity index is 908. The topological polar surface area (TPSA) is 108 Å². The van der Waals surface area contributed by atoms with Crippen molar-refractivity contribution in [3.63, 3.8) is 0 Å². The summed E-state index contributed by atoms with van der Waals surface area (Å²) in [5.74, 6) is -0.475. The monoisotopic (exact) mass is 433 g/mol. The third kappa shape index (κ3) is 4.86. The van der Waals surface area contributed by atoms with Gasteiger partial charge in [0, 0.05) is 23.6 Å². The zero-order valence-corrected chi connectivity index (χ0v) is 17.4. The summed E-state index contributed by atoms with van der Waals surface area (Å²) in [5.41, 5.74) is 6.01. The van der Waals surface area contributed by atoms with E-state index in [1.165, 1.54) is 0 Å². The van der Waals surface area contributed by atoms with Gasteiger partial charge in [0.2, 0.25) is 0 Å². The zero-order valence-electron chi connectivity index (χ0n) is 16.6. The van der Waals surface area contributed by atoms with Gasteiger partial charge in [0.25, 0.3) is 0 Å². The minimum atomic E-state index is -1.26. The van der Waals surface area contributed by atoms with Crippen molar-refractivity contribution in [1.29, 1.82) is 0 Å². The fourth-order valence-electron chi connectivity index (χ4n) is 3.68. The van der Waals surface area contributed by atoms with Gasteiger partial charge >= 0.3 is 12.1 Å². The Morgan fingerprint density at radius 1 is 1.27 bits per heavy atom. The van der Waals surface area contributed by atoms with Crippen molar-refractivity contribution in [3.05, 3.63) is 64.2 Å². The predicted molar refractivity (Wildman–Crippen MR) is 111 cm³/mol. The Morgan fingerprint density at radius 3 is 2.57 bits per heavy atom. The van der Waals surface area contributed by atoms with Crippen molar-refractivity contribution in [3.8, 4) is 5.75 Å². The number of rotatable bonds is 8. The Labute approximate surface area is 179 Å². The van der Waals surface area contributed by atoms with Crippen LogP contribution in [0.15, 0.2) is 42.5 Å². The molecule has 160 valence electrons. The average molecular weight is 434 g/mol. The van der Waals surface area contributed by atoms with Crippen LogP contribution < -0.4 is 10.5 Å². The molecular weight excluding hydrogens is 410 g/mol. The maximum atomic E-state index is 11.9. The van der Waals surface area contributed by atoms with Crippen LogP contribution in [0.3, 0.4) is 0 Å². The highest BCUT2D eigenvalue weighted by molar-refractivity contribution is 6.30. The highest BCUT2D eigenvalue weighted by Crippen LogP contribution is 2.37. The van der Waals surface area contributed by atoms with E-state index in [1.807, 2.05) is 6.92 Å². The summed E-state index contributed by atoms with van der Waals surface area (Å²) in [4.78, 5) is 23.5. The third-order valence-corrected chi connectivity index (χ3v) is 5.30. The second-order valence-electron chi connectivity index (χ2n) is 7.10. The molecule has 8 heteroatoms. The number of nitrogens with two attached hydrogens (primary N) is 1. The molecule has 7 nitrogen and oxygen atoms in total. The summed E-state index contributed by atoms with van der Waals surface area (Å²) in [7, 11) is 0. The van der Waals surface area contributed by atoms with Crippen molar-refractivity contribution >= 4 is 23.7 Å². The van der Waals surface area contributed by atoms with E-state index >= 15 is 0 Å². The predicted octanol–water partition coefficient (Wildman–Crippen LogP) is 4.10. The van der Waals surface area contributed by atoms with E-state index in [2.05, 4.69) is 0 Å². The van der Waals surface area contributed by atoms with Crippen LogP contribution in [-0.4, -0.2) is 36.0 Å². The van der Waals surface area contributed by atoms with Crippen molar-refractivity contribution in [2.45, 2.75) is 37.9 Å². The summed E-state index contributed by atoms with van der Waals surface area (Å²) in [5, 5.41) is 10.3. The number of carboxylic acids is 1. The number of halogens is 1. The normalized spacial score (nSPS) is 19.3. The van der Waals surface area contributed by atoms with Crippen LogP contribution in [-0.2, 0) is 20.7 Å². The summed E-state index contributed by atoms with van der Waals surface area (Å²) in [6.45, 7) is 2.66. The second kappa shape index (κ2) is 9.36. The summed E-state index contributed by atoms with van der Waals surface area (Å²) in [6, 6.07) is 12.2. The molecule has 1 aliphatic rings. The van der Waals surface area contributed by atoms with E-state index < -0.39 is 23.8 Å². The SMILES string of the molecule is CCOc1ccc(CC2(C(=O)O)CCCO2)cc1C(OC(N)=O)c1ccc(Cl)cc1. The molecule has 0 spiro atoms. The standard InChI is InChI=1S/C22H24ClNO6/c1-2-28-18-9-4-14(13-22(20(25)26)10-3-11-29-22)12-17(18)19(30-21(24)27)15-5-7-16(23)8-6-15/h4-9,12,19H,2-3,10-11,13H2,1H3,(H2,24,27)(H,25,26). The lowest BCUT2D eigenvalue weighted by molar-refractivity contribution is -0.159. The number of ether oxygens (including phenoxy) is 3. The van der Waals surface area contributed by atoms with Gasteiger partial charge in [0.05, 0.1) is 6.61 Å². The fraction of sp³-hybridized carbons (Fsp3) is 0.364. The maximum absolute atomic E-state index is 11.9. The Hall–Kier alpha value is -2.77. The largest absolute Gasteiger partial charge is 0.493 e. The molecule has 1 heterocycles. The number of carbonyl (C=O) groups excluding carboxylic acids is 1. The van der Waals surface area contributed by atoms with Crippen LogP contribution >= 0.6 is 11.6 Å². The number of hydrogen-bond acceptors (Lipinski definition) is 5. The molecule has 0 aliphatic carbocycles. The molecule has 30 heavy (non-hydrogen) atoms. The lowest BCUT2D eigenvalue weighted by Gasteiger charge is -2.25. The molecule has 1 saturated heterocycles. The van der Waals surface area contributed by atoms with Gasteiger partial charge in [-0.2, -0.15) is 0 Å². The summed E-state index contributed by atoms with van der Waals surface area (Å²) in [6.07, 6.45) is -0.473. The molecule has 2 aromatic rings. The molecular formula is C22H24ClNO6. The molecule has 0 bridgehead atoms. The molecule has 1 aliphatic heterocycles. The van der Waals surface area contributed by atoms with Gasteiger partial charge in [-0.3, -0.25) is 0 Å². The van der Waals surface area contributed by atoms with E-state index in [9.17, 15) is 14.7 Å². The smallest absolute Gasteiger partial charge is 0.405 e. The van der Waals surface area contributed by atoms with Gasteiger partial charge in [0.1, 0.15) is 5.75 Å². The van der Waals surface area contributed by atoms with Gasteiger partial charge < -0.3 is 25.1 Å². The van der Waals surface area contributed by atoms with Crippen LogP contribution in [0, 0.1) is 0 Å². The minimum Gasteiger partial charge on any atom is -0.493 e. The molecule has 1 fully saturated rings. The van der Waals surface area contributed by atoms with E-state index in [-0.39, 0.29) is 6.42 Å². The zero-order chi connectivity index (χ0) is 21.7. The van der Waals surface area contributed by atoms with E-state index in [4.69, 9.17) is 31.5 Å². The molecule has 0 saturated carbocycles. The molecule has 3 rings (SSSR count). The lowest BCUT2D eigenvalue weighted by Crippen LogP contribution is -2.40. The number of benzene rings is 2. The first-order valence-corrected chi connectivity index (χ1v) is 10.1. The van der Waals surface area contributed by atoms with Gasteiger partial charge in [-0.05, 0) is 55.2 Å². The number of amides is 1. The van der Waals surface area contributed by atoms with Crippen molar-refractivity contribution in [2.75, 3.05) is 13.2 Å². The maximum Gasteiger partial charge on any atom is 0.405 e.